The molecule has 1 heteroatoms. The monoisotopic (exact) mass is 225 g/mol. The molecule has 0 rings (SSSR count). The molecule has 0 spiro atoms. The van der Waals surface area contributed by atoms with Crippen molar-refractivity contribution in [2.75, 3.05) is 0 Å². The van der Waals surface area contributed by atoms with Gasteiger partial charge >= 0.3 is 0 Å². The van der Waals surface area contributed by atoms with Gasteiger partial charge in [0.2, 0.25) is 0 Å². The molecule has 0 N–H and O–H groups in total. The first kappa shape index (κ1) is 10.3. The van der Waals surface area contributed by atoms with Crippen molar-refractivity contribution in [1.82, 2.24) is 0 Å². The molecule has 0 aromatic rings. The number of hydrogen-bond donors (Lipinski definition) is 0. The predicted octanol–water partition coefficient (Wildman–Crippen LogP) is 4.40. The van der Waals surface area contributed by atoms with E-state index in [1.54, 1.807) is 19.1 Å². The van der Waals surface area contributed by atoms with Crippen molar-refractivity contribution in [2.45, 2.75) is 47.4 Å². The van der Waals surface area contributed by atoms with Crippen LogP contribution in [0.3, 0.4) is 0 Å². The first-order valence-electron chi connectivity index (χ1n) is 7.53. The molecule has 3 atom stereocenters. The summed E-state index contributed by atoms with van der Waals surface area (Å²) in [6.45, 7) is 5.95. The summed E-state index contributed by atoms with van der Waals surface area (Å²) in [6, 6.07) is 0. The third kappa shape index (κ3) is 5.29. The third-order valence-corrected chi connectivity index (χ3v) is 3.35. The number of carbonyl (C=O) groups is 1. The quantitative estimate of drug-likeness (QED) is 0.587. The summed E-state index contributed by atoms with van der Waals surface area (Å²) in [5.41, 5.74) is 0. The van der Waals surface area contributed by atoms with Crippen LogP contribution in [0.25, 0.3) is 0 Å². The molecule has 0 aromatic heterocycles. The highest BCUT2D eigenvalue weighted by Crippen LogP contribution is 2.26. The zero-order valence-corrected chi connectivity index (χ0v) is 10.9. The van der Waals surface area contributed by atoms with Gasteiger partial charge in [0.1, 0.15) is 5.78 Å². The van der Waals surface area contributed by atoms with Crippen molar-refractivity contribution in [3.63, 3.8) is 0 Å². The van der Waals surface area contributed by atoms with E-state index in [4.69, 9.17) is 4.11 Å². The van der Waals surface area contributed by atoms with Gasteiger partial charge in [-0.15, -0.1) is 0 Å². The fourth-order valence-electron chi connectivity index (χ4n) is 2.07. The van der Waals surface area contributed by atoms with Crippen molar-refractivity contribution < 1.29 is 8.91 Å². The number of ketones is 1. The van der Waals surface area contributed by atoms with Gasteiger partial charge in [0.05, 0.1) is 0 Å². The average Bonchev–Trinajstić information content (AvgIpc) is 2.26. The first-order valence-corrected chi connectivity index (χ1v) is 6.03. The maximum atomic E-state index is 11.5. The molecule has 0 aliphatic heterocycles. The second kappa shape index (κ2) is 8.32. The van der Waals surface area contributed by atoms with Gasteiger partial charge in [-0.2, -0.15) is 0 Å². The summed E-state index contributed by atoms with van der Waals surface area (Å²) in [4.78, 5) is 11.5. The highest BCUT2D eigenvalue weighted by Gasteiger charge is 2.23. The number of Topliss-reactive ketones (excluding diaryl/α,β-unsaturated/α-hetero) is 1. The van der Waals surface area contributed by atoms with Crippen LogP contribution in [-0.2, 0) is 4.79 Å². The van der Waals surface area contributed by atoms with Gasteiger partial charge in [-0.3, -0.25) is 4.79 Å². The summed E-state index contributed by atoms with van der Waals surface area (Å²) in [6.07, 6.45) is 8.25. The van der Waals surface area contributed by atoms with E-state index in [-0.39, 0.29) is 11.7 Å². The Kier molecular flexibility index (Phi) is 5.36. The summed E-state index contributed by atoms with van der Waals surface area (Å²) < 4.78 is 21.1. The number of allylic oxidation sites excluding steroid dienone is 4. The summed E-state index contributed by atoms with van der Waals surface area (Å²) in [7, 11) is 0. The van der Waals surface area contributed by atoms with Crippen LogP contribution >= 0.6 is 0 Å². The molecule has 0 bridgehead atoms. The van der Waals surface area contributed by atoms with E-state index in [0.717, 1.165) is 12.8 Å². The number of rotatable bonds is 7. The molecular weight excluding hydrogens is 196 g/mol. The molecule has 0 amide bonds. The molecule has 1 nitrogen and oxygen atoms in total. The topological polar surface area (TPSA) is 17.1 Å². The lowest BCUT2D eigenvalue weighted by atomic mass is 9.79. The minimum absolute atomic E-state index is 0.126. The molecular formula is C15H26O. The summed E-state index contributed by atoms with van der Waals surface area (Å²) in [5, 5.41) is 0. The van der Waals surface area contributed by atoms with Crippen molar-refractivity contribution in [2.24, 2.45) is 17.8 Å². The van der Waals surface area contributed by atoms with E-state index >= 15 is 0 Å². The third-order valence-electron chi connectivity index (χ3n) is 3.35. The second-order valence-electron chi connectivity index (χ2n) is 4.48. The summed E-state index contributed by atoms with van der Waals surface area (Å²) in [5.74, 6) is 1.14. The lowest BCUT2D eigenvalue weighted by molar-refractivity contribution is -0.122. The molecule has 16 heavy (non-hydrogen) atoms. The minimum Gasteiger partial charge on any atom is -0.300 e. The van der Waals surface area contributed by atoms with Crippen LogP contribution in [0, 0.1) is 17.8 Å². The van der Waals surface area contributed by atoms with Gasteiger partial charge in [0.15, 0.2) is 0 Å². The van der Waals surface area contributed by atoms with Gasteiger partial charge < -0.3 is 0 Å². The molecule has 0 aliphatic rings. The Labute approximate surface area is 105 Å². The van der Waals surface area contributed by atoms with Crippen LogP contribution in [0.2, 0.25) is 0 Å². The normalized spacial score (nSPS) is 21.4. The Morgan fingerprint density at radius 2 is 2.06 bits per heavy atom. The predicted molar refractivity (Wildman–Crippen MR) is 71.4 cm³/mol. The fraction of sp³-hybridized carbons (Fsp3) is 0.667. The van der Waals surface area contributed by atoms with E-state index in [9.17, 15) is 4.79 Å². The van der Waals surface area contributed by atoms with Gasteiger partial charge in [0.25, 0.3) is 0 Å². The van der Waals surface area contributed by atoms with Crippen LogP contribution in [0.15, 0.2) is 24.3 Å². The second-order valence-corrected chi connectivity index (χ2v) is 4.48. The molecule has 0 heterocycles. The van der Waals surface area contributed by atoms with Crippen LogP contribution in [0.1, 0.15) is 51.5 Å². The van der Waals surface area contributed by atoms with Crippen molar-refractivity contribution in [3.05, 3.63) is 24.3 Å². The van der Waals surface area contributed by atoms with Crippen LogP contribution in [0.4, 0.5) is 0 Å². The Hall–Kier alpha value is -0.850. The van der Waals surface area contributed by atoms with Gasteiger partial charge in [0, 0.05) is 10.0 Å². The van der Waals surface area contributed by atoms with E-state index in [1.807, 2.05) is 13.0 Å². The average molecular weight is 225 g/mol. The Balaban J connectivity index is 4.31. The van der Waals surface area contributed by atoms with Crippen molar-refractivity contribution >= 4 is 5.78 Å². The molecule has 0 saturated carbocycles. The van der Waals surface area contributed by atoms with Crippen LogP contribution in [-0.4, -0.2) is 5.78 Å². The zero-order chi connectivity index (χ0) is 15.1. The lowest BCUT2D eigenvalue weighted by Gasteiger charge is -2.25. The highest BCUT2D eigenvalue weighted by molar-refractivity contribution is 5.78. The Morgan fingerprint density at radius 3 is 2.56 bits per heavy atom. The Bertz CT molecular complexity index is 329. The lowest BCUT2D eigenvalue weighted by Crippen LogP contribution is -2.24. The maximum Gasteiger partial charge on any atom is 0.133 e. The van der Waals surface area contributed by atoms with E-state index in [1.165, 1.54) is 6.08 Å². The molecule has 0 fully saturated rings. The number of hydrogen-bond acceptors (Lipinski definition) is 1. The SMILES string of the molecule is [2H]C([2H])([2H])C=CC=CC[C@@H](C)C(C)[C@H](CC)C(C)=O. The number of carbonyl (C=O) groups excluding carboxylic acids is 1. The van der Waals surface area contributed by atoms with E-state index in [0.29, 0.717) is 11.8 Å². The largest absolute Gasteiger partial charge is 0.300 e. The molecule has 1 unspecified atom stereocenters. The van der Waals surface area contributed by atoms with E-state index in [2.05, 4.69) is 13.8 Å². The van der Waals surface area contributed by atoms with Crippen LogP contribution < -0.4 is 0 Å². The molecule has 0 radical (unpaired) electrons. The maximum absolute atomic E-state index is 11.5. The van der Waals surface area contributed by atoms with Crippen molar-refractivity contribution in [1.29, 1.82) is 0 Å². The molecule has 0 aromatic carbocycles. The smallest absolute Gasteiger partial charge is 0.133 e. The zero-order valence-electron chi connectivity index (χ0n) is 13.9. The highest BCUT2D eigenvalue weighted by atomic mass is 16.1. The Morgan fingerprint density at radius 1 is 1.38 bits per heavy atom. The van der Waals surface area contributed by atoms with E-state index < -0.39 is 6.85 Å². The van der Waals surface area contributed by atoms with Crippen molar-refractivity contribution in [3.8, 4) is 0 Å². The van der Waals surface area contributed by atoms with Gasteiger partial charge in [-0.05, 0) is 38.5 Å². The molecule has 92 valence electrons. The minimum atomic E-state index is -2.01. The summed E-state index contributed by atoms with van der Waals surface area (Å²) >= 11 is 0. The standard InChI is InChI=1S/C15H26O/c1-6-8-9-10-11-12(3)13(4)15(7-2)14(5)16/h6,8-10,12-13,15H,7,11H2,1-5H3/t12-,13?,15+/m1/s1/i1D3. The first-order chi connectivity index (χ1) is 8.69. The molecule has 0 aliphatic carbocycles. The van der Waals surface area contributed by atoms with Gasteiger partial charge in [-0.1, -0.05) is 45.1 Å². The fourth-order valence-corrected chi connectivity index (χ4v) is 2.07. The molecule has 0 saturated heterocycles. The van der Waals surface area contributed by atoms with Gasteiger partial charge in [-0.25, -0.2) is 0 Å². The van der Waals surface area contributed by atoms with Crippen LogP contribution in [0.5, 0.6) is 0 Å².